The topological polar surface area (TPSA) is 79.2 Å². The van der Waals surface area contributed by atoms with Crippen molar-refractivity contribution >= 4 is 23.3 Å². The number of amides is 3. The molecule has 1 spiro atoms. The van der Waals surface area contributed by atoms with E-state index in [1.165, 1.54) is 17.4 Å². The summed E-state index contributed by atoms with van der Waals surface area (Å²) in [7, 11) is 0. The highest BCUT2D eigenvalue weighted by molar-refractivity contribution is 6.07. The molecule has 0 aromatic carbocycles. The first-order chi connectivity index (χ1) is 16.0. The molecule has 1 N–H and O–H groups in total. The van der Waals surface area contributed by atoms with Crippen molar-refractivity contribution in [2.45, 2.75) is 44.8 Å². The van der Waals surface area contributed by atoms with Crippen LogP contribution < -0.4 is 10.2 Å². The van der Waals surface area contributed by atoms with E-state index < -0.39 is 28.7 Å². The second-order valence-corrected chi connectivity index (χ2v) is 10.2. The highest BCUT2D eigenvalue weighted by Gasteiger charge is 2.61. The fourth-order valence-corrected chi connectivity index (χ4v) is 5.56. The van der Waals surface area contributed by atoms with Crippen molar-refractivity contribution in [3.8, 4) is 0 Å². The quantitative estimate of drug-likeness (QED) is 0.684. The number of urea groups is 1. The van der Waals surface area contributed by atoms with Crippen LogP contribution in [0.25, 0.3) is 5.52 Å². The van der Waals surface area contributed by atoms with Gasteiger partial charge in [-0.1, -0.05) is 13.8 Å². The molecule has 3 aliphatic heterocycles. The third-order valence-corrected chi connectivity index (χ3v) is 7.61. The van der Waals surface area contributed by atoms with Gasteiger partial charge in [0.05, 0.1) is 17.3 Å². The third kappa shape index (κ3) is 3.60. The van der Waals surface area contributed by atoms with E-state index in [4.69, 9.17) is 4.74 Å². The molecule has 0 bridgehead atoms. The van der Waals surface area contributed by atoms with E-state index in [2.05, 4.69) is 10.3 Å². The van der Waals surface area contributed by atoms with Gasteiger partial charge >= 0.3 is 12.2 Å². The number of hydrogen-bond acceptors (Lipinski definition) is 5. The van der Waals surface area contributed by atoms with E-state index in [-0.39, 0.29) is 11.8 Å². The molecule has 0 radical (unpaired) electrons. The minimum Gasteiger partial charge on any atom is -0.381 e. The highest BCUT2D eigenvalue weighted by Crippen LogP contribution is 2.45. The predicted molar refractivity (Wildman–Crippen MR) is 117 cm³/mol. The maximum atomic E-state index is 13.6. The van der Waals surface area contributed by atoms with E-state index in [9.17, 15) is 22.8 Å². The fourth-order valence-electron chi connectivity index (χ4n) is 5.56. The lowest BCUT2D eigenvalue weighted by Crippen LogP contribution is -2.66. The number of pyridine rings is 1. The van der Waals surface area contributed by atoms with Crippen LogP contribution in [0.15, 0.2) is 24.7 Å². The van der Waals surface area contributed by atoms with Gasteiger partial charge in [0.1, 0.15) is 17.7 Å². The number of rotatable bonds is 3. The molecule has 5 heterocycles. The molecule has 5 rings (SSSR count). The van der Waals surface area contributed by atoms with Crippen molar-refractivity contribution in [2.24, 2.45) is 11.3 Å². The van der Waals surface area contributed by atoms with Gasteiger partial charge in [0.25, 0.3) is 5.91 Å². The third-order valence-electron chi connectivity index (χ3n) is 7.61. The van der Waals surface area contributed by atoms with E-state index in [0.717, 1.165) is 25.0 Å². The maximum Gasteiger partial charge on any atom is 0.416 e. The van der Waals surface area contributed by atoms with Gasteiger partial charge in [-0.25, -0.2) is 9.78 Å². The molecule has 3 aliphatic rings. The summed E-state index contributed by atoms with van der Waals surface area (Å²) in [6.07, 6.45) is 0.286. The summed E-state index contributed by atoms with van der Waals surface area (Å²) in [5, 5.41) is 2.97. The number of ether oxygens (including phenoxy) is 1. The Morgan fingerprint density at radius 1 is 1.21 bits per heavy atom. The normalized spacial score (nSPS) is 26.0. The zero-order chi connectivity index (χ0) is 24.3. The molecule has 1 atom stereocenters. The molecule has 11 heteroatoms. The maximum absolute atomic E-state index is 13.6. The van der Waals surface area contributed by atoms with E-state index in [1.807, 2.05) is 18.7 Å². The van der Waals surface area contributed by atoms with Crippen molar-refractivity contribution in [2.75, 3.05) is 37.7 Å². The van der Waals surface area contributed by atoms with Crippen molar-refractivity contribution < 1.29 is 27.5 Å². The predicted octanol–water partition coefficient (Wildman–Crippen LogP) is 3.31. The Bertz CT molecular complexity index is 1120. The Kier molecular flexibility index (Phi) is 5.30. The zero-order valence-electron chi connectivity index (χ0n) is 19.2. The minimum atomic E-state index is -4.49. The number of nitrogens with one attached hydrogen (secondary N) is 1. The minimum absolute atomic E-state index is 0.210. The van der Waals surface area contributed by atoms with Crippen LogP contribution in [0, 0.1) is 11.3 Å². The number of carbonyl (C=O) groups excluding carboxylic acids is 2. The van der Waals surface area contributed by atoms with Crippen LogP contribution >= 0.6 is 0 Å². The van der Waals surface area contributed by atoms with Crippen LogP contribution in [0.5, 0.6) is 0 Å². The van der Waals surface area contributed by atoms with Crippen LogP contribution in [0.2, 0.25) is 0 Å². The number of nitrogens with zero attached hydrogens (tertiary/aromatic N) is 4. The number of aromatic nitrogens is 2. The fraction of sp³-hybridized carbons (Fsp3) is 0.609. The van der Waals surface area contributed by atoms with Gasteiger partial charge in [-0.15, -0.1) is 0 Å². The summed E-state index contributed by atoms with van der Waals surface area (Å²) in [5.41, 5.74) is -2.23. The van der Waals surface area contributed by atoms with Crippen LogP contribution in [-0.2, 0) is 15.7 Å². The van der Waals surface area contributed by atoms with Crippen molar-refractivity contribution in [1.82, 2.24) is 19.6 Å². The molecular formula is C23H28F3N5O3. The summed E-state index contributed by atoms with van der Waals surface area (Å²) in [5.74, 6) is 0.327. The van der Waals surface area contributed by atoms with Crippen molar-refractivity contribution in [3.05, 3.63) is 30.2 Å². The number of imidazole rings is 1. The van der Waals surface area contributed by atoms with Gasteiger partial charge in [0, 0.05) is 38.3 Å². The molecule has 34 heavy (non-hydrogen) atoms. The van der Waals surface area contributed by atoms with Crippen LogP contribution in [0.1, 0.15) is 38.7 Å². The van der Waals surface area contributed by atoms with Crippen LogP contribution in [0.4, 0.5) is 23.8 Å². The van der Waals surface area contributed by atoms with E-state index in [1.54, 1.807) is 4.40 Å². The van der Waals surface area contributed by atoms with Crippen molar-refractivity contribution in [3.63, 3.8) is 0 Å². The van der Waals surface area contributed by atoms with E-state index in [0.29, 0.717) is 50.6 Å². The lowest BCUT2D eigenvalue weighted by Gasteiger charge is -2.50. The molecule has 2 aromatic heterocycles. The second-order valence-electron chi connectivity index (χ2n) is 10.2. The largest absolute Gasteiger partial charge is 0.416 e. The first-order valence-corrected chi connectivity index (χ1v) is 11.5. The Balaban J connectivity index is 1.42. The molecule has 1 unspecified atom stereocenters. The average Bonchev–Trinajstić information content (AvgIpc) is 3.34. The first kappa shape index (κ1) is 22.9. The second kappa shape index (κ2) is 7.86. The molecular weight excluding hydrogens is 451 g/mol. The molecule has 184 valence electrons. The van der Waals surface area contributed by atoms with Gasteiger partial charge in [-0.3, -0.25) is 14.1 Å². The molecule has 2 aromatic rings. The standard InChI is InChI=1S/C23H28F3N5O3/c1-21(2)13-29(18-10-16(23(24,25)26)9-17-11-27-14-31(17)18)6-5-22(21)19(32)30(20(33)28-22)12-15-3-7-34-8-4-15/h9-11,14-15H,3-8,12-13H2,1-2H3,(H,28,33). The van der Waals surface area contributed by atoms with Gasteiger partial charge in [0.15, 0.2) is 0 Å². The molecule has 3 fully saturated rings. The van der Waals surface area contributed by atoms with Crippen LogP contribution in [0.3, 0.4) is 0 Å². The SMILES string of the molecule is CC1(C)CN(c2cc(C(F)(F)F)cc3cncn23)CCC12NC(=O)N(CC1CCOCC1)C2=O. The number of alkyl halides is 3. The summed E-state index contributed by atoms with van der Waals surface area (Å²) in [6, 6.07) is 1.80. The van der Waals surface area contributed by atoms with Crippen molar-refractivity contribution in [1.29, 1.82) is 0 Å². The van der Waals surface area contributed by atoms with Gasteiger partial charge in [-0.05, 0) is 37.3 Å². The lowest BCUT2D eigenvalue weighted by molar-refractivity contribution is -0.137. The molecule has 3 amide bonds. The van der Waals surface area contributed by atoms with Gasteiger partial charge in [-0.2, -0.15) is 13.2 Å². The summed E-state index contributed by atoms with van der Waals surface area (Å²) in [6.45, 7) is 5.98. The number of carbonyl (C=O) groups is 2. The van der Waals surface area contributed by atoms with Gasteiger partial charge < -0.3 is 15.0 Å². The Labute approximate surface area is 195 Å². The number of halogens is 3. The smallest absolute Gasteiger partial charge is 0.381 e. The van der Waals surface area contributed by atoms with Crippen LogP contribution in [-0.4, -0.2) is 64.6 Å². The summed E-state index contributed by atoms with van der Waals surface area (Å²) in [4.78, 5) is 33.7. The molecule has 0 aliphatic carbocycles. The number of fused-ring (bicyclic) bond motifs is 1. The monoisotopic (exact) mass is 479 g/mol. The number of imide groups is 1. The summed E-state index contributed by atoms with van der Waals surface area (Å²) >= 11 is 0. The Hall–Kier alpha value is -2.82. The van der Waals surface area contributed by atoms with E-state index >= 15 is 0 Å². The Morgan fingerprint density at radius 3 is 2.62 bits per heavy atom. The Morgan fingerprint density at radius 2 is 1.94 bits per heavy atom. The number of piperidine rings is 1. The number of hydrogen-bond donors (Lipinski definition) is 1. The zero-order valence-corrected chi connectivity index (χ0v) is 19.2. The lowest BCUT2D eigenvalue weighted by atomic mass is 9.67. The molecule has 3 saturated heterocycles. The molecule has 0 saturated carbocycles. The highest BCUT2D eigenvalue weighted by atomic mass is 19.4. The van der Waals surface area contributed by atoms with Gasteiger partial charge in [0.2, 0.25) is 0 Å². The molecule has 8 nitrogen and oxygen atoms in total. The first-order valence-electron chi connectivity index (χ1n) is 11.5. The number of anilines is 1. The summed E-state index contributed by atoms with van der Waals surface area (Å²) < 4.78 is 47.6. The average molecular weight is 480 g/mol.